The average Bonchev–Trinajstić information content (AvgIpc) is 3.42. The maximum atomic E-state index is 13.3. The van der Waals surface area contributed by atoms with Crippen molar-refractivity contribution in [3.63, 3.8) is 0 Å². The van der Waals surface area contributed by atoms with Gasteiger partial charge in [-0.3, -0.25) is 14.3 Å². The molecule has 0 fully saturated rings. The first kappa shape index (κ1) is 32.0. The highest BCUT2D eigenvalue weighted by Gasteiger charge is 2.23. The zero-order valence-corrected chi connectivity index (χ0v) is 25.5. The maximum Gasteiger partial charge on any atom is 0.333 e. The topological polar surface area (TPSA) is 141 Å². The van der Waals surface area contributed by atoms with Crippen LogP contribution in [0.1, 0.15) is 56.1 Å². The highest BCUT2D eigenvalue weighted by Crippen LogP contribution is 2.21. The lowest BCUT2D eigenvalue weighted by Crippen LogP contribution is -2.38. The molecule has 0 aliphatic heterocycles. The van der Waals surface area contributed by atoms with Crippen molar-refractivity contribution in [3.05, 3.63) is 89.5 Å². The van der Waals surface area contributed by atoms with E-state index in [1.807, 2.05) is 45.0 Å². The summed E-state index contributed by atoms with van der Waals surface area (Å²) in [6, 6.07) is 21.0. The average molecular weight is 592 g/mol. The van der Waals surface area contributed by atoms with E-state index in [-0.39, 0.29) is 25.0 Å². The molecule has 1 unspecified atom stereocenters. The second kappa shape index (κ2) is 14.4. The number of hydrogen-bond donors (Lipinski definition) is 2. The number of aromatic nitrogens is 2. The van der Waals surface area contributed by atoms with E-state index in [9.17, 15) is 13.8 Å². The number of ether oxygens (including phenoxy) is 1. The molecule has 0 radical (unpaired) electrons. The third kappa shape index (κ3) is 9.27. The molecule has 222 valence electrons. The van der Waals surface area contributed by atoms with Crippen LogP contribution in [0.4, 0.5) is 11.7 Å². The number of nitrogens with zero attached hydrogens (tertiary/aromatic N) is 3. The summed E-state index contributed by atoms with van der Waals surface area (Å²) in [7, 11) is -1.56. The summed E-state index contributed by atoms with van der Waals surface area (Å²) in [4.78, 5) is 32.1. The Labute approximate surface area is 248 Å². The molecular formula is C31H37N5O5S. The molecule has 1 aromatic heterocycles. The van der Waals surface area contributed by atoms with E-state index >= 15 is 0 Å². The number of anilines is 2. The number of carbonyl (C=O) groups excluding carboxylic acids is 2. The molecule has 0 aliphatic rings. The molecule has 1 atom stereocenters. The molecule has 4 aromatic rings. The summed E-state index contributed by atoms with van der Waals surface area (Å²) in [6.07, 6.45) is 0. The third-order valence-corrected chi connectivity index (χ3v) is 6.67. The molecule has 1 heterocycles. The number of nitrogens with two attached hydrogens (primary N) is 1. The van der Waals surface area contributed by atoms with Crippen LogP contribution in [-0.2, 0) is 27.1 Å². The van der Waals surface area contributed by atoms with E-state index in [0.29, 0.717) is 27.5 Å². The van der Waals surface area contributed by atoms with Gasteiger partial charge in [0.15, 0.2) is 11.0 Å². The lowest BCUT2D eigenvalue weighted by atomic mass is 10.1. The molecular weight excluding hydrogens is 554 g/mol. The van der Waals surface area contributed by atoms with Crippen LogP contribution in [0, 0.1) is 6.92 Å². The molecule has 11 heteroatoms. The summed E-state index contributed by atoms with van der Waals surface area (Å²) >= 11 is 0. The lowest BCUT2D eigenvalue weighted by Gasteiger charge is -2.25. The molecule has 0 bridgehead atoms. The van der Waals surface area contributed by atoms with Crippen molar-refractivity contribution < 1.29 is 23.1 Å². The van der Waals surface area contributed by atoms with Crippen LogP contribution in [0.15, 0.2) is 82.2 Å². The first-order chi connectivity index (χ1) is 20.0. The third-order valence-electron chi connectivity index (χ3n) is 5.61. The SMILES string of the molecule is CC.Cc1ccc(S(=O)Nc2nc(-c3ccc(CN(CC(=O)OC(C)(C)C)C(=O)c4ccc(N)cc4)cc3)no2)cc1. The molecule has 0 aliphatic carbocycles. The summed E-state index contributed by atoms with van der Waals surface area (Å²) in [6.45, 7) is 11.2. The zero-order valence-electron chi connectivity index (χ0n) is 24.7. The van der Waals surface area contributed by atoms with Gasteiger partial charge in [0, 0.05) is 23.4 Å². The van der Waals surface area contributed by atoms with Crippen LogP contribution in [0.3, 0.4) is 0 Å². The van der Waals surface area contributed by atoms with Gasteiger partial charge in [0.05, 0.1) is 4.90 Å². The van der Waals surface area contributed by atoms with Crippen molar-refractivity contribution in [1.29, 1.82) is 0 Å². The molecule has 42 heavy (non-hydrogen) atoms. The van der Waals surface area contributed by atoms with E-state index in [0.717, 1.165) is 11.1 Å². The predicted octanol–water partition coefficient (Wildman–Crippen LogP) is 5.77. The number of hydrogen-bond acceptors (Lipinski definition) is 8. The number of nitrogen functional groups attached to an aromatic ring is 1. The van der Waals surface area contributed by atoms with Gasteiger partial charge in [0.1, 0.15) is 12.1 Å². The minimum atomic E-state index is -1.56. The van der Waals surface area contributed by atoms with Gasteiger partial charge in [0.25, 0.3) is 5.91 Å². The number of carbonyl (C=O) groups is 2. The molecule has 3 aromatic carbocycles. The number of benzene rings is 3. The minimum Gasteiger partial charge on any atom is -0.459 e. The Balaban J connectivity index is 0.00000237. The van der Waals surface area contributed by atoms with E-state index in [4.69, 9.17) is 15.0 Å². The van der Waals surface area contributed by atoms with Crippen molar-refractivity contribution in [1.82, 2.24) is 15.0 Å². The van der Waals surface area contributed by atoms with Crippen LogP contribution in [0.25, 0.3) is 11.4 Å². The molecule has 3 N–H and O–H groups in total. The fraction of sp³-hybridized carbons (Fsp3) is 0.290. The predicted molar refractivity (Wildman–Crippen MR) is 164 cm³/mol. The number of esters is 1. The van der Waals surface area contributed by atoms with Gasteiger partial charge < -0.3 is 19.9 Å². The summed E-state index contributed by atoms with van der Waals surface area (Å²) in [5.74, 6) is -0.535. The summed E-state index contributed by atoms with van der Waals surface area (Å²) < 4.78 is 25.9. The van der Waals surface area contributed by atoms with Crippen molar-refractivity contribution in [2.75, 3.05) is 17.0 Å². The van der Waals surface area contributed by atoms with Crippen molar-refractivity contribution in [2.45, 2.75) is 58.6 Å². The zero-order chi connectivity index (χ0) is 30.9. The number of amides is 1. The number of aryl methyl sites for hydroxylation is 1. The largest absolute Gasteiger partial charge is 0.459 e. The number of rotatable bonds is 9. The van der Waals surface area contributed by atoms with Crippen molar-refractivity contribution in [2.24, 2.45) is 0 Å². The molecule has 0 saturated carbocycles. The van der Waals surface area contributed by atoms with Gasteiger partial charge >= 0.3 is 12.0 Å². The summed E-state index contributed by atoms with van der Waals surface area (Å²) in [5.41, 5.74) is 8.52. The standard InChI is InChI=1S/C29H31N5O5S.C2H6/c1-19-5-15-24(16-6-19)40(37)33-28-31-26(32-39-28)21-9-7-20(8-10-21)17-34(18-25(35)38-29(2,3)4)27(36)22-11-13-23(30)14-12-22;1-2/h5-16H,17-18,30H2,1-4H3,(H,31,32,33);1-2H3. The molecule has 4 rings (SSSR count). The van der Waals surface area contributed by atoms with E-state index in [2.05, 4.69) is 14.9 Å². The second-order valence-electron chi connectivity index (χ2n) is 10.2. The molecule has 0 saturated heterocycles. The first-order valence-electron chi connectivity index (χ1n) is 13.5. The fourth-order valence-electron chi connectivity index (χ4n) is 3.70. The minimum absolute atomic E-state index is 0.0237. The summed E-state index contributed by atoms with van der Waals surface area (Å²) in [5, 5.41) is 3.97. The van der Waals surface area contributed by atoms with Gasteiger partial charge in [-0.1, -0.05) is 61.0 Å². The Morgan fingerprint density at radius 3 is 2.19 bits per heavy atom. The van der Waals surface area contributed by atoms with E-state index in [1.54, 1.807) is 69.3 Å². The van der Waals surface area contributed by atoms with E-state index < -0.39 is 22.6 Å². The van der Waals surface area contributed by atoms with Crippen molar-refractivity contribution in [3.8, 4) is 11.4 Å². The van der Waals surface area contributed by atoms with Crippen molar-refractivity contribution >= 4 is 34.6 Å². The van der Waals surface area contributed by atoms with Gasteiger partial charge in [0.2, 0.25) is 5.82 Å². The quantitative estimate of drug-likeness (QED) is 0.185. The molecule has 1 amide bonds. The lowest BCUT2D eigenvalue weighted by molar-refractivity contribution is -0.155. The van der Waals surface area contributed by atoms with Crippen LogP contribution >= 0.6 is 0 Å². The highest BCUT2D eigenvalue weighted by molar-refractivity contribution is 7.86. The van der Waals surface area contributed by atoms with Gasteiger partial charge in [-0.15, -0.1) is 0 Å². The van der Waals surface area contributed by atoms with Crippen LogP contribution in [-0.4, -0.2) is 43.3 Å². The Hall–Kier alpha value is -4.51. The fourth-order valence-corrected chi connectivity index (χ4v) is 4.44. The van der Waals surface area contributed by atoms with Crippen LogP contribution < -0.4 is 10.5 Å². The Morgan fingerprint density at radius 2 is 1.60 bits per heavy atom. The molecule has 10 nitrogen and oxygen atoms in total. The monoisotopic (exact) mass is 591 g/mol. The van der Waals surface area contributed by atoms with E-state index in [1.165, 1.54) is 4.90 Å². The van der Waals surface area contributed by atoms with Gasteiger partial charge in [-0.05, 0) is 69.7 Å². The smallest absolute Gasteiger partial charge is 0.333 e. The Morgan fingerprint density at radius 1 is 0.976 bits per heavy atom. The first-order valence-corrected chi connectivity index (χ1v) is 14.7. The van der Waals surface area contributed by atoms with Gasteiger partial charge in [-0.2, -0.15) is 4.98 Å². The highest BCUT2D eigenvalue weighted by atomic mass is 32.2. The Bertz CT molecular complexity index is 1490. The molecule has 0 spiro atoms. The number of nitrogens with one attached hydrogen (secondary N) is 1. The van der Waals surface area contributed by atoms with Crippen LogP contribution in [0.2, 0.25) is 0 Å². The maximum absolute atomic E-state index is 13.3. The second-order valence-corrected chi connectivity index (χ2v) is 11.4. The van der Waals surface area contributed by atoms with Crippen LogP contribution in [0.5, 0.6) is 0 Å². The van der Waals surface area contributed by atoms with Gasteiger partial charge in [-0.25, -0.2) is 4.21 Å². The normalized spacial score (nSPS) is 11.6. The Kier molecular flexibility index (Phi) is 11.0.